The van der Waals surface area contributed by atoms with Gasteiger partial charge in [0.25, 0.3) is 0 Å². The van der Waals surface area contributed by atoms with Crippen molar-refractivity contribution in [3.63, 3.8) is 0 Å². The molecule has 0 aliphatic rings. The van der Waals surface area contributed by atoms with E-state index in [0.717, 1.165) is 77.7 Å². The number of esters is 2. The van der Waals surface area contributed by atoms with Gasteiger partial charge in [0.1, 0.15) is 6.61 Å². The fourth-order valence-corrected chi connectivity index (χ4v) is 6.26. The van der Waals surface area contributed by atoms with Crippen LogP contribution in [0.15, 0.2) is 36.5 Å². The molecule has 2 unspecified atom stereocenters. The molecule has 0 aromatic rings. The van der Waals surface area contributed by atoms with E-state index < -0.39 is 26.5 Å². The van der Waals surface area contributed by atoms with Gasteiger partial charge < -0.3 is 14.4 Å². The molecule has 52 heavy (non-hydrogen) atoms. The summed E-state index contributed by atoms with van der Waals surface area (Å²) in [4.78, 5) is 34.4. The first-order chi connectivity index (χ1) is 25.3. The van der Waals surface area contributed by atoms with Crippen LogP contribution in [-0.4, -0.2) is 43.3 Å². The van der Waals surface area contributed by atoms with Gasteiger partial charge in [0, 0.05) is 20.0 Å². The van der Waals surface area contributed by atoms with Crippen LogP contribution in [0.5, 0.6) is 0 Å². The Bertz CT molecular complexity index is 947. The van der Waals surface area contributed by atoms with E-state index in [1.165, 1.54) is 96.3 Å². The standard InChI is InChI=1S/C43H79O8P/c1-4-6-8-10-12-14-16-18-20-22-24-26-28-30-32-34-36-38-43(45)51-41(40-50-52(46,47)48-3)39-49-42(44)37-35-33-31-29-27-25-23-21-19-17-15-13-11-9-7-5-2/h12,14,18,20-21,23,41H,4-11,13,15-17,19,22,24-40H2,1-3H3,(H,46,47)/b14-12-,20-18-,23-21-. The number of unbranched alkanes of at least 4 members (excludes halogenated alkanes) is 22. The van der Waals surface area contributed by atoms with Crippen LogP contribution in [-0.2, 0) is 32.7 Å². The number of carbonyl (C=O) groups is 2. The molecule has 0 bridgehead atoms. The van der Waals surface area contributed by atoms with Crippen molar-refractivity contribution < 1.29 is 37.6 Å². The zero-order valence-electron chi connectivity index (χ0n) is 33.7. The van der Waals surface area contributed by atoms with Crippen molar-refractivity contribution in [2.75, 3.05) is 20.3 Å². The highest BCUT2D eigenvalue weighted by Crippen LogP contribution is 2.42. The van der Waals surface area contributed by atoms with Gasteiger partial charge in [-0.1, -0.05) is 153 Å². The van der Waals surface area contributed by atoms with E-state index in [1.807, 2.05) is 0 Å². The number of rotatable bonds is 39. The van der Waals surface area contributed by atoms with Gasteiger partial charge in [-0.3, -0.25) is 18.6 Å². The highest BCUT2D eigenvalue weighted by atomic mass is 31.2. The molecule has 2 atom stereocenters. The number of ether oxygens (including phenoxy) is 2. The van der Waals surface area contributed by atoms with Gasteiger partial charge >= 0.3 is 19.8 Å². The maximum absolute atomic E-state index is 12.5. The summed E-state index contributed by atoms with van der Waals surface area (Å²) in [5.41, 5.74) is 0. The molecule has 0 saturated heterocycles. The smallest absolute Gasteiger partial charge is 0.462 e. The van der Waals surface area contributed by atoms with Gasteiger partial charge in [-0.25, -0.2) is 4.57 Å². The summed E-state index contributed by atoms with van der Waals surface area (Å²) in [7, 11) is -3.20. The van der Waals surface area contributed by atoms with Crippen LogP contribution < -0.4 is 0 Å². The zero-order chi connectivity index (χ0) is 38.2. The molecule has 304 valence electrons. The highest BCUT2D eigenvalue weighted by Gasteiger charge is 2.24. The molecule has 0 heterocycles. The monoisotopic (exact) mass is 755 g/mol. The first kappa shape index (κ1) is 50.3. The largest absolute Gasteiger partial charge is 0.472 e. The molecule has 0 radical (unpaired) electrons. The highest BCUT2D eigenvalue weighted by molar-refractivity contribution is 7.47. The number of carbonyl (C=O) groups excluding carboxylic acids is 2. The molecule has 0 aromatic heterocycles. The molecule has 1 N–H and O–H groups in total. The molecular formula is C43H79O8P. The average molecular weight is 755 g/mol. The first-order valence-corrected chi connectivity index (χ1v) is 22.7. The van der Waals surface area contributed by atoms with Gasteiger partial charge in [-0.2, -0.15) is 0 Å². The summed E-state index contributed by atoms with van der Waals surface area (Å²) in [5, 5.41) is 0. The van der Waals surface area contributed by atoms with Gasteiger partial charge in [0.2, 0.25) is 0 Å². The minimum Gasteiger partial charge on any atom is -0.462 e. The fraction of sp³-hybridized carbons (Fsp3) is 0.814. The topological polar surface area (TPSA) is 108 Å². The average Bonchev–Trinajstić information content (AvgIpc) is 3.13. The van der Waals surface area contributed by atoms with Gasteiger partial charge in [-0.05, 0) is 70.6 Å². The fourth-order valence-electron chi connectivity index (χ4n) is 5.80. The molecule has 0 fully saturated rings. The van der Waals surface area contributed by atoms with Crippen LogP contribution in [0.3, 0.4) is 0 Å². The van der Waals surface area contributed by atoms with E-state index in [9.17, 15) is 19.0 Å². The lowest BCUT2D eigenvalue weighted by molar-refractivity contribution is -0.161. The van der Waals surface area contributed by atoms with Crippen LogP contribution >= 0.6 is 7.82 Å². The Morgan fingerprint density at radius 3 is 1.40 bits per heavy atom. The third kappa shape index (κ3) is 38.0. The zero-order valence-corrected chi connectivity index (χ0v) is 34.6. The number of allylic oxidation sites excluding steroid dienone is 6. The number of phosphoric acid groups is 1. The predicted molar refractivity (Wildman–Crippen MR) is 216 cm³/mol. The SMILES string of the molecule is CCCCC/C=C\C/C=C\CCCCCCCCCC(=O)OC(COC(=O)CCCCCCC/C=C\CCCCCCCCC)COP(=O)(O)OC. The second-order valence-electron chi connectivity index (χ2n) is 14.1. The molecule has 0 amide bonds. The minimum atomic E-state index is -4.26. The Balaban J connectivity index is 4.03. The predicted octanol–water partition coefficient (Wildman–Crippen LogP) is 13.2. The van der Waals surface area contributed by atoms with Crippen molar-refractivity contribution >= 4 is 19.8 Å². The van der Waals surface area contributed by atoms with Gasteiger partial charge in [0.05, 0.1) is 6.61 Å². The summed E-state index contributed by atoms with van der Waals surface area (Å²) in [6.45, 7) is 3.85. The first-order valence-electron chi connectivity index (χ1n) is 21.2. The number of hydrogen-bond donors (Lipinski definition) is 1. The summed E-state index contributed by atoms with van der Waals surface area (Å²) >= 11 is 0. The van der Waals surface area contributed by atoms with Crippen molar-refractivity contribution in [2.45, 2.75) is 206 Å². The van der Waals surface area contributed by atoms with E-state index in [4.69, 9.17) is 14.0 Å². The summed E-state index contributed by atoms with van der Waals surface area (Å²) < 4.78 is 32.0. The molecule has 0 aromatic carbocycles. The lowest BCUT2D eigenvalue weighted by atomic mass is 10.1. The summed E-state index contributed by atoms with van der Waals surface area (Å²) in [6.07, 6.45) is 44.7. The van der Waals surface area contributed by atoms with E-state index in [2.05, 4.69) is 54.8 Å². The Kier molecular flexibility index (Phi) is 37.7. The maximum atomic E-state index is 12.5. The number of phosphoric ester groups is 1. The minimum absolute atomic E-state index is 0.232. The third-order valence-corrected chi connectivity index (χ3v) is 10.0. The number of hydrogen-bond acceptors (Lipinski definition) is 7. The Hall–Kier alpha value is -1.73. The Morgan fingerprint density at radius 1 is 0.538 bits per heavy atom. The van der Waals surface area contributed by atoms with Crippen molar-refractivity contribution in [3.05, 3.63) is 36.5 Å². The maximum Gasteiger partial charge on any atom is 0.472 e. The molecule has 0 rings (SSSR count). The quantitative estimate of drug-likeness (QED) is 0.0286. The van der Waals surface area contributed by atoms with Crippen LogP contribution in [0.4, 0.5) is 0 Å². The van der Waals surface area contributed by atoms with E-state index >= 15 is 0 Å². The second kappa shape index (κ2) is 39.0. The van der Waals surface area contributed by atoms with Crippen LogP contribution in [0, 0.1) is 0 Å². The van der Waals surface area contributed by atoms with Crippen LogP contribution in [0.25, 0.3) is 0 Å². The van der Waals surface area contributed by atoms with E-state index in [1.54, 1.807) is 0 Å². The molecule has 0 saturated carbocycles. The second-order valence-corrected chi connectivity index (χ2v) is 15.7. The van der Waals surface area contributed by atoms with Crippen LogP contribution in [0.1, 0.15) is 200 Å². The van der Waals surface area contributed by atoms with Gasteiger partial charge in [0.15, 0.2) is 6.10 Å². The van der Waals surface area contributed by atoms with Crippen molar-refractivity contribution in [1.29, 1.82) is 0 Å². The lowest BCUT2D eigenvalue weighted by Gasteiger charge is -2.19. The van der Waals surface area contributed by atoms with E-state index in [0.29, 0.717) is 6.42 Å². The molecule has 9 heteroatoms. The van der Waals surface area contributed by atoms with Crippen molar-refractivity contribution in [3.8, 4) is 0 Å². The Morgan fingerprint density at radius 2 is 0.923 bits per heavy atom. The molecule has 0 aliphatic heterocycles. The third-order valence-electron chi connectivity index (χ3n) is 9.11. The summed E-state index contributed by atoms with van der Waals surface area (Å²) in [6, 6.07) is 0. The Labute approximate surface area is 319 Å². The molecular weight excluding hydrogens is 675 g/mol. The van der Waals surface area contributed by atoms with Crippen molar-refractivity contribution in [1.82, 2.24) is 0 Å². The normalized spacial score (nSPS) is 13.7. The van der Waals surface area contributed by atoms with E-state index in [-0.39, 0.29) is 25.4 Å². The lowest BCUT2D eigenvalue weighted by Crippen LogP contribution is -2.29. The van der Waals surface area contributed by atoms with Crippen molar-refractivity contribution in [2.24, 2.45) is 0 Å². The van der Waals surface area contributed by atoms with Gasteiger partial charge in [-0.15, -0.1) is 0 Å². The summed E-state index contributed by atoms with van der Waals surface area (Å²) in [5.74, 6) is -0.820. The van der Waals surface area contributed by atoms with Crippen LogP contribution in [0.2, 0.25) is 0 Å². The molecule has 0 aliphatic carbocycles. The molecule has 0 spiro atoms. The molecule has 8 nitrogen and oxygen atoms in total.